The van der Waals surface area contributed by atoms with E-state index in [1.165, 1.54) is 5.56 Å². The number of fused-ring (bicyclic) bond motifs is 1. The molecule has 1 aliphatic rings. The third-order valence-corrected chi connectivity index (χ3v) is 6.08. The van der Waals surface area contributed by atoms with Crippen LogP contribution in [0.5, 0.6) is 5.75 Å². The fourth-order valence-electron chi connectivity index (χ4n) is 4.34. The van der Waals surface area contributed by atoms with Crippen molar-refractivity contribution in [1.29, 1.82) is 0 Å². The van der Waals surface area contributed by atoms with Crippen LogP contribution in [0.3, 0.4) is 0 Å². The van der Waals surface area contributed by atoms with Gasteiger partial charge in [-0.2, -0.15) is 0 Å². The Balaban J connectivity index is 1.39. The molecule has 0 N–H and O–H groups in total. The Kier molecular flexibility index (Phi) is 5.60. The van der Waals surface area contributed by atoms with Crippen molar-refractivity contribution in [3.63, 3.8) is 0 Å². The van der Waals surface area contributed by atoms with Gasteiger partial charge in [0, 0.05) is 56.2 Å². The lowest BCUT2D eigenvalue weighted by Crippen LogP contribution is -2.48. The topological polar surface area (TPSA) is 50.6 Å². The molecular weight excluding hydrogens is 400 g/mol. The van der Waals surface area contributed by atoms with Crippen molar-refractivity contribution in [2.24, 2.45) is 0 Å². The number of carbonyl (C=O) groups excluding carboxylic acids is 1. The number of rotatable bonds is 5. The van der Waals surface area contributed by atoms with Gasteiger partial charge < -0.3 is 14.2 Å². The highest BCUT2D eigenvalue weighted by molar-refractivity contribution is 6.00. The highest BCUT2D eigenvalue weighted by Crippen LogP contribution is 2.27. The summed E-state index contributed by atoms with van der Waals surface area (Å²) < 4.78 is 7.36. The maximum absolute atomic E-state index is 13.6. The first kappa shape index (κ1) is 20.3. The number of methoxy groups -OCH3 is 1. The summed E-state index contributed by atoms with van der Waals surface area (Å²) in [6.45, 7) is 4.03. The summed E-state index contributed by atoms with van der Waals surface area (Å²) in [6.07, 6.45) is 3.65. The zero-order chi connectivity index (χ0) is 21.9. The summed E-state index contributed by atoms with van der Waals surface area (Å²) in [6, 6.07) is 22.1. The van der Waals surface area contributed by atoms with Crippen LogP contribution in [0.25, 0.3) is 16.6 Å². The Morgan fingerprint density at radius 2 is 1.66 bits per heavy atom. The summed E-state index contributed by atoms with van der Waals surface area (Å²) in [5, 5.41) is 1.06. The highest BCUT2D eigenvalue weighted by atomic mass is 16.5. The number of carbonyl (C=O) groups is 1. The van der Waals surface area contributed by atoms with Gasteiger partial charge in [0.25, 0.3) is 5.91 Å². The molecule has 0 bridgehead atoms. The molecule has 1 amide bonds. The van der Waals surface area contributed by atoms with Gasteiger partial charge in [-0.25, -0.2) is 0 Å². The zero-order valence-electron chi connectivity index (χ0n) is 18.1. The summed E-state index contributed by atoms with van der Waals surface area (Å²) in [7, 11) is 1.66. The Labute approximate surface area is 187 Å². The molecule has 32 heavy (non-hydrogen) atoms. The number of para-hydroxylation sites is 1. The Bertz CT molecular complexity index is 1210. The van der Waals surface area contributed by atoms with Crippen LogP contribution in [0.15, 0.2) is 79.1 Å². The lowest BCUT2D eigenvalue weighted by molar-refractivity contribution is 0.0621. The number of pyridine rings is 1. The second-order valence-electron chi connectivity index (χ2n) is 8.05. The molecule has 1 saturated heterocycles. The van der Waals surface area contributed by atoms with Crippen LogP contribution in [0.2, 0.25) is 0 Å². The quantitative estimate of drug-likeness (QED) is 0.484. The molecule has 162 valence electrons. The molecule has 0 spiro atoms. The largest absolute Gasteiger partial charge is 0.497 e. The Morgan fingerprint density at radius 1 is 0.938 bits per heavy atom. The van der Waals surface area contributed by atoms with Gasteiger partial charge in [0.2, 0.25) is 0 Å². The molecule has 0 aliphatic carbocycles. The number of benzene rings is 2. The number of ether oxygens (including phenoxy) is 1. The molecule has 1 aliphatic heterocycles. The molecule has 3 heterocycles. The fraction of sp³-hybridized carbons (Fsp3) is 0.231. The smallest absolute Gasteiger partial charge is 0.270 e. The average Bonchev–Trinajstić information content (AvgIpc) is 3.24. The molecule has 0 saturated carbocycles. The van der Waals surface area contributed by atoms with Crippen molar-refractivity contribution in [2.75, 3.05) is 33.3 Å². The second kappa shape index (κ2) is 8.85. The van der Waals surface area contributed by atoms with E-state index in [1.54, 1.807) is 7.11 Å². The molecule has 0 unspecified atom stereocenters. The van der Waals surface area contributed by atoms with Crippen LogP contribution in [-0.4, -0.2) is 58.5 Å². The lowest BCUT2D eigenvalue weighted by Gasteiger charge is -2.34. The summed E-state index contributed by atoms with van der Waals surface area (Å²) in [4.78, 5) is 22.0. The summed E-state index contributed by atoms with van der Waals surface area (Å²) in [5.74, 6) is 0.865. The first-order valence-corrected chi connectivity index (χ1v) is 10.9. The maximum Gasteiger partial charge on any atom is 0.270 e. The Hall–Kier alpha value is -3.64. The van der Waals surface area contributed by atoms with Gasteiger partial charge in [-0.05, 0) is 54.1 Å². The van der Waals surface area contributed by atoms with Crippen LogP contribution >= 0.6 is 0 Å². The SMILES string of the molecule is COc1ccc(-n2c(C(=O)N3CCN(Cc4ccncc4)CC3)cc3ccccc32)cc1. The van der Waals surface area contributed by atoms with E-state index in [-0.39, 0.29) is 5.91 Å². The zero-order valence-corrected chi connectivity index (χ0v) is 18.1. The number of piperazine rings is 1. The first-order chi connectivity index (χ1) is 15.7. The van der Waals surface area contributed by atoms with Gasteiger partial charge in [-0.1, -0.05) is 18.2 Å². The van der Waals surface area contributed by atoms with Gasteiger partial charge in [-0.3, -0.25) is 14.7 Å². The minimum atomic E-state index is 0.0700. The van der Waals surface area contributed by atoms with E-state index in [9.17, 15) is 4.79 Å². The van der Waals surface area contributed by atoms with Gasteiger partial charge in [0.05, 0.1) is 12.6 Å². The minimum absolute atomic E-state index is 0.0700. The predicted octanol–water partition coefficient (Wildman–Crippen LogP) is 3.99. The molecule has 6 nitrogen and oxygen atoms in total. The number of hydrogen-bond donors (Lipinski definition) is 0. The molecule has 1 fully saturated rings. The third-order valence-electron chi connectivity index (χ3n) is 6.08. The van der Waals surface area contributed by atoms with E-state index in [4.69, 9.17) is 4.74 Å². The number of nitrogens with zero attached hydrogens (tertiary/aromatic N) is 4. The van der Waals surface area contributed by atoms with E-state index in [0.717, 1.165) is 42.0 Å². The van der Waals surface area contributed by atoms with Crippen LogP contribution in [0.1, 0.15) is 16.1 Å². The lowest BCUT2D eigenvalue weighted by atomic mass is 10.2. The third kappa shape index (κ3) is 3.97. The number of amides is 1. The standard InChI is InChI=1S/C26H26N4O2/c1-32-23-8-6-22(7-9-23)30-24-5-3-2-4-21(24)18-25(30)26(31)29-16-14-28(15-17-29)19-20-10-12-27-13-11-20/h2-13,18H,14-17,19H2,1H3. The van der Waals surface area contributed by atoms with Crippen molar-refractivity contribution in [3.8, 4) is 11.4 Å². The summed E-state index contributed by atoms with van der Waals surface area (Å²) >= 11 is 0. The van der Waals surface area contributed by atoms with E-state index in [1.807, 2.05) is 71.9 Å². The first-order valence-electron chi connectivity index (χ1n) is 10.9. The number of aromatic nitrogens is 2. The van der Waals surface area contributed by atoms with Gasteiger partial charge in [0.15, 0.2) is 0 Å². The van der Waals surface area contributed by atoms with E-state index >= 15 is 0 Å². The average molecular weight is 427 g/mol. The number of hydrogen-bond acceptors (Lipinski definition) is 4. The van der Waals surface area contributed by atoms with E-state index < -0.39 is 0 Å². The van der Waals surface area contributed by atoms with Crippen molar-refractivity contribution < 1.29 is 9.53 Å². The monoisotopic (exact) mass is 426 g/mol. The molecule has 0 atom stereocenters. The normalized spacial score (nSPS) is 14.6. The van der Waals surface area contributed by atoms with Gasteiger partial charge >= 0.3 is 0 Å². The summed E-state index contributed by atoms with van der Waals surface area (Å²) in [5.41, 5.74) is 3.92. The predicted molar refractivity (Wildman–Crippen MR) is 125 cm³/mol. The highest BCUT2D eigenvalue weighted by Gasteiger charge is 2.26. The molecule has 6 heteroatoms. The van der Waals surface area contributed by atoms with Crippen molar-refractivity contribution in [1.82, 2.24) is 19.4 Å². The van der Waals surface area contributed by atoms with Crippen LogP contribution in [0.4, 0.5) is 0 Å². The van der Waals surface area contributed by atoms with E-state index in [2.05, 4.69) is 26.6 Å². The van der Waals surface area contributed by atoms with Crippen LogP contribution < -0.4 is 4.74 Å². The van der Waals surface area contributed by atoms with Gasteiger partial charge in [0.1, 0.15) is 11.4 Å². The molecule has 0 radical (unpaired) electrons. The molecule has 2 aromatic carbocycles. The molecular formula is C26H26N4O2. The molecule has 4 aromatic rings. The minimum Gasteiger partial charge on any atom is -0.497 e. The van der Waals surface area contributed by atoms with Crippen molar-refractivity contribution in [3.05, 3.63) is 90.4 Å². The van der Waals surface area contributed by atoms with Crippen LogP contribution in [0, 0.1) is 0 Å². The van der Waals surface area contributed by atoms with E-state index in [0.29, 0.717) is 18.8 Å². The second-order valence-corrected chi connectivity index (χ2v) is 8.05. The van der Waals surface area contributed by atoms with Crippen LogP contribution in [-0.2, 0) is 6.54 Å². The van der Waals surface area contributed by atoms with Crippen molar-refractivity contribution >= 4 is 16.8 Å². The molecule has 2 aromatic heterocycles. The molecule has 5 rings (SSSR count). The Morgan fingerprint density at radius 3 is 2.38 bits per heavy atom. The van der Waals surface area contributed by atoms with Crippen molar-refractivity contribution in [2.45, 2.75) is 6.54 Å². The maximum atomic E-state index is 13.6. The van der Waals surface area contributed by atoms with Gasteiger partial charge in [-0.15, -0.1) is 0 Å². The fourth-order valence-corrected chi connectivity index (χ4v) is 4.34.